The number of sulfonamides is 2. The van der Waals surface area contributed by atoms with Gasteiger partial charge in [-0.15, -0.1) is 12.4 Å². The van der Waals surface area contributed by atoms with Crippen molar-refractivity contribution in [1.82, 2.24) is 10.2 Å². The van der Waals surface area contributed by atoms with Crippen molar-refractivity contribution in [3.05, 3.63) is 0 Å². The maximum atomic E-state index is 12.2. The first-order valence-electron chi connectivity index (χ1n) is 10.9. The number of ether oxygens (including phenoxy) is 1. The Kier molecular flexibility index (Phi) is 8.54. The molecule has 0 aromatic heterocycles. The molecule has 4 aliphatic heterocycles. The van der Waals surface area contributed by atoms with E-state index in [1.807, 2.05) is 20.8 Å². The predicted octanol–water partition coefficient (Wildman–Crippen LogP) is 1.19. The molecule has 4 aliphatic rings. The van der Waals surface area contributed by atoms with Crippen LogP contribution in [0.5, 0.6) is 0 Å². The molecule has 0 aromatic carbocycles. The van der Waals surface area contributed by atoms with Gasteiger partial charge in [-0.25, -0.2) is 31.9 Å². The highest BCUT2D eigenvalue weighted by molar-refractivity contribution is 7.90. The number of piperidine rings is 2. The number of hydrogen-bond acceptors (Lipinski definition) is 7. The van der Waals surface area contributed by atoms with Crippen molar-refractivity contribution in [2.45, 2.75) is 112 Å². The smallest absolute Gasteiger partial charge is 0.410 e. The standard InChI is InChI=1S/C12H22N2O4S.C7H14N2O2S.ClH/c1-12(2,3)18-11(15)14-8-4-5-9(14)7-10(6-8)19(13,16)17;8-12(10,11)7-3-5-1-2-6(4-7)9-5;/h8-10H,4-7H2,1-3H3,(H2,13,16,17);5-7,9H,1-4H2,(H2,8,10,11);1H/t8-,9+,10?;5-,6+,7?;. The topological polar surface area (TPSA) is 162 Å². The summed E-state index contributed by atoms with van der Waals surface area (Å²) in [6.07, 6.45) is 5.79. The largest absolute Gasteiger partial charge is 0.444 e. The third-order valence-corrected chi connectivity index (χ3v) is 9.28. The van der Waals surface area contributed by atoms with Crippen LogP contribution in [0.1, 0.15) is 72.1 Å². The van der Waals surface area contributed by atoms with Gasteiger partial charge in [-0.3, -0.25) is 0 Å². The molecule has 4 saturated heterocycles. The van der Waals surface area contributed by atoms with Gasteiger partial charge in [0.25, 0.3) is 0 Å². The van der Waals surface area contributed by atoms with E-state index in [2.05, 4.69) is 5.32 Å². The second-order valence-electron chi connectivity index (χ2n) is 10.3. The lowest BCUT2D eigenvalue weighted by molar-refractivity contribution is 0.00812. The van der Waals surface area contributed by atoms with Gasteiger partial charge >= 0.3 is 6.09 Å². The maximum Gasteiger partial charge on any atom is 0.410 e. The van der Waals surface area contributed by atoms with Gasteiger partial charge in [0.2, 0.25) is 20.0 Å². The molecule has 0 aromatic rings. The summed E-state index contributed by atoms with van der Waals surface area (Å²) in [5.41, 5.74) is -0.534. The van der Waals surface area contributed by atoms with Crippen molar-refractivity contribution in [2.75, 3.05) is 0 Å². The van der Waals surface area contributed by atoms with E-state index in [1.54, 1.807) is 4.90 Å². The minimum Gasteiger partial charge on any atom is -0.444 e. The Hall–Kier alpha value is -0.660. The van der Waals surface area contributed by atoms with E-state index < -0.39 is 30.9 Å². The zero-order valence-corrected chi connectivity index (χ0v) is 21.3. The molecule has 0 radical (unpaired) electrons. The second-order valence-corrected chi connectivity index (χ2v) is 14.0. The van der Waals surface area contributed by atoms with E-state index in [4.69, 9.17) is 15.0 Å². The maximum absolute atomic E-state index is 12.2. The molecule has 1 amide bonds. The first-order chi connectivity index (χ1) is 14.1. The fraction of sp³-hybridized carbons (Fsp3) is 0.947. The van der Waals surface area contributed by atoms with Gasteiger partial charge in [-0.05, 0) is 72.1 Å². The molecule has 10 nitrogen and oxygen atoms in total. The fourth-order valence-corrected chi connectivity index (χ4v) is 7.26. The number of halogens is 1. The number of rotatable bonds is 2. The molecule has 0 saturated carbocycles. The number of nitrogens with zero attached hydrogens (tertiary/aromatic N) is 1. The van der Waals surface area contributed by atoms with Crippen LogP contribution in [0, 0.1) is 0 Å². The molecule has 188 valence electrons. The van der Waals surface area contributed by atoms with Gasteiger partial charge in [0.1, 0.15) is 5.60 Å². The van der Waals surface area contributed by atoms with Crippen LogP contribution in [0.2, 0.25) is 0 Å². The average Bonchev–Trinajstić information content (AvgIpc) is 3.07. The Morgan fingerprint density at radius 3 is 1.62 bits per heavy atom. The molecule has 0 aliphatic carbocycles. The SMILES string of the molecule is CC(C)(C)OC(=O)N1[C@@H]2CC[C@H]1CC(S(N)(=O)=O)C2.Cl.NS(=O)(=O)C1C[C@H]2CC[C@@H](C1)N2. The highest BCUT2D eigenvalue weighted by atomic mass is 35.5. The van der Waals surface area contributed by atoms with Crippen molar-refractivity contribution >= 4 is 38.5 Å². The highest BCUT2D eigenvalue weighted by Gasteiger charge is 2.47. The van der Waals surface area contributed by atoms with Crippen LogP contribution in [-0.2, 0) is 24.8 Å². The van der Waals surface area contributed by atoms with Crippen LogP contribution in [0.3, 0.4) is 0 Å². The predicted molar refractivity (Wildman–Crippen MR) is 124 cm³/mol. The number of nitrogens with one attached hydrogen (secondary N) is 1. The normalized spacial score (nSPS) is 34.2. The van der Waals surface area contributed by atoms with Crippen LogP contribution in [0.15, 0.2) is 0 Å². The quantitative estimate of drug-likeness (QED) is 0.496. The van der Waals surface area contributed by atoms with Gasteiger partial charge in [-0.1, -0.05) is 0 Å². The molecule has 4 rings (SSSR count). The summed E-state index contributed by atoms with van der Waals surface area (Å²) in [5, 5.41) is 12.9. The monoisotopic (exact) mass is 516 g/mol. The van der Waals surface area contributed by atoms with Crippen molar-refractivity contribution < 1.29 is 26.4 Å². The number of hydrogen-bond donors (Lipinski definition) is 3. The minimum atomic E-state index is -3.51. The van der Waals surface area contributed by atoms with Gasteiger partial charge in [-0.2, -0.15) is 0 Å². The molecule has 0 spiro atoms. The van der Waals surface area contributed by atoms with Gasteiger partial charge in [0.15, 0.2) is 0 Å². The second kappa shape index (κ2) is 9.91. The molecule has 13 heteroatoms. The van der Waals surface area contributed by atoms with Crippen molar-refractivity contribution in [3.8, 4) is 0 Å². The van der Waals surface area contributed by atoms with Crippen LogP contribution >= 0.6 is 12.4 Å². The van der Waals surface area contributed by atoms with E-state index >= 15 is 0 Å². The molecule has 4 bridgehead atoms. The Morgan fingerprint density at radius 1 is 0.844 bits per heavy atom. The molecular weight excluding hydrogens is 480 g/mol. The van der Waals surface area contributed by atoms with E-state index in [-0.39, 0.29) is 35.8 Å². The summed E-state index contributed by atoms with van der Waals surface area (Å²) in [6, 6.07) is 0.674. The third-order valence-electron chi connectivity index (χ3n) is 6.65. The Balaban J connectivity index is 0.000000241. The van der Waals surface area contributed by atoms with Crippen LogP contribution in [0.4, 0.5) is 4.79 Å². The lowest BCUT2D eigenvalue weighted by Crippen LogP contribution is -2.52. The Morgan fingerprint density at radius 2 is 1.25 bits per heavy atom. The van der Waals surface area contributed by atoms with Gasteiger partial charge < -0.3 is 15.0 Å². The zero-order valence-electron chi connectivity index (χ0n) is 18.9. The lowest BCUT2D eigenvalue weighted by Gasteiger charge is -2.38. The molecular formula is C19H37ClN4O6S2. The summed E-state index contributed by atoms with van der Waals surface area (Å²) in [6.45, 7) is 5.47. The molecule has 4 fully saturated rings. The number of carbonyl (C=O) groups excluding carboxylic acids is 1. The first-order valence-corrected chi connectivity index (χ1v) is 14.2. The summed E-state index contributed by atoms with van der Waals surface area (Å²) in [4.78, 5) is 13.9. The summed E-state index contributed by atoms with van der Waals surface area (Å²) >= 11 is 0. The van der Waals surface area contributed by atoms with Gasteiger partial charge in [0.05, 0.1) is 10.5 Å². The third kappa shape index (κ3) is 6.92. The van der Waals surface area contributed by atoms with E-state index in [9.17, 15) is 21.6 Å². The van der Waals surface area contributed by atoms with Crippen LogP contribution < -0.4 is 15.6 Å². The zero-order chi connectivity index (χ0) is 23.2. The average molecular weight is 517 g/mol. The Labute approximate surface area is 197 Å². The van der Waals surface area contributed by atoms with E-state index in [0.29, 0.717) is 37.8 Å². The number of amides is 1. The number of primary sulfonamides is 2. The summed E-state index contributed by atoms with van der Waals surface area (Å²) in [5.74, 6) is 0. The van der Waals surface area contributed by atoms with E-state index in [0.717, 1.165) is 25.7 Å². The van der Waals surface area contributed by atoms with Crippen LogP contribution in [0.25, 0.3) is 0 Å². The minimum absolute atomic E-state index is 0. The van der Waals surface area contributed by atoms with E-state index in [1.165, 1.54) is 0 Å². The molecule has 6 atom stereocenters. The first kappa shape index (κ1) is 27.6. The van der Waals surface area contributed by atoms with Crippen molar-refractivity contribution in [1.29, 1.82) is 0 Å². The number of fused-ring (bicyclic) bond motifs is 4. The fourth-order valence-electron chi connectivity index (χ4n) is 5.28. The number of nitrogens with two attached hydrogens (primary N) is 2. The lowest BCUT2D eigenvalue weighted by atomic mass is 10.0. The molecule has 4 heterocycles. The molecule has 2 unspecified atom stereocenters. The van der Waals surface area contributed by atoms with Crippen LogP contribution in [-0.4, -0.2) is 68.1 Å². The molecule has 32 heavy (non-hydrogen) atoms. The molecule has 5 N–H and O–H groups in total. The number of carbonyl (C=O) groups is 1. The van der Waals surface area contributed by atoms with Gasteiger partial charge in [0, 0.05) is 24.2 Å². The summed E-state index contributed by atoms with van der Waals surface area (Å²) < 4.78 is 50.4. The van der Waals surface area contributed by atoms with Crippen molar-refractivity contribution in [2.24, 2.45) is 10.3 Å². The van der Waals surface area contributed by atoms with Crippen molar-refractivity contribution in [3.63, 3.8) is 0 Å². The highest BCUT2D eigenvalue weighted by Crippen LogP contribution is 2.38. The Bertz CT molecular complexity index is 866. The summed E-state index contributed by atoms with van der Waals surface area (Å²) in [7, 11) is -6.81.